The van der Waals surface area contributed by atoms with E-state index in [1.165, 1.54) is 25.7 Å². The molecular weight excluding hydrogens is 266 g/mol. The van der Waals surface area contributed by atoms with Gasteiger partial charge in [-0.3, -0.25) is 9.59 Å². The minimum absolute atomic E-state index is 0.0305. The highest BCUT2D eigenvalue weighted by atomic mass is 16.4. The van der Waals surface area contributed by atoms with E-state index < -0.39 is 11.5 Å². The minimum Gasteiger partial charge on any atom is -0.480 e. The molecule has 2 saturated carbocycles. The fraction of sp³-hybridized carbons (Fsp3) is 0.882. The third-order valence-electron chi connectivity index (χ3n) is 5.26. The lowest BCUT2D eigenvalue weighted by atomic mass is 9.67. The number of fused-ring (bicyclic) bond motifs is 1. The molecule has 3 unspecified atom stereocenters. The van der Waals surface area contributed by atoms with Crippen molar-refractivity contribution in [2.75, 3.05) is 6.54 Å². The predicted octanol–water partition coefficient (Wildman–Crippen LogP) is 3.30. The Labute approximate surface area is 127 Å². The molecule has 120 valence electrons. The van der Waals surface area contributed by atoms with Crippen LogP contribution in [0.1, 0.15) is 65.7 Å². The van der Waals surface area contributed by atoms with Crippen molar-refractivity contribution in [3.63, 3.8) is 0 Å². The monoisotopic (exact) mass is 295 g/mol. The summed E-state index contributed by atoms with van der Waals surface area (Å²) in [6.07, 6.45) is 8.26. The lowest BCUT2D eigenvalue weighted by Crippen LogP contribution is -2.51. The second-order valence-corrected chi connectivity index (χ2v) is 7.80. The summed E-state index contributed by atoms with van der Waals surface area (Å²) in [5.74, 6) is 0.653. The average molecular weight is 295 g/mol. The zero-order chi connectivity index (χ0) is 15.6. The van der Waals surface area contributed by atoms with Crippen LogP contribution in [0.4, 0.5) is 0 Å². The third-order valence-corrected chi connectivity index (χ3v) is 5.26. The largest absolute Gasteiger partial charge is 0.480 e. The highest BCUT2D eigenvalue weighted by Gasteiger charge is 2.39. The standard InChI is InChI=1S/C17H29NO3/c1-17(2,3)18(11-15(19)20)16(21)14-9-8-12-6-4-5-7-13(12)10-14/h12-14H,4-11H2,1-3H3,(H,19,20). The van der Waals surface area contributed by atoms with Crippen molar-refractivity contribution in [2.24, 2.45) is 17.8 Å². The van der Waals surface area contributed by atoms with E-state index in [9.17, 15) is 9.59 Å². The molecule has 0 spiro atoms. The van der Waals surface area contributed by atoms with Gasteiger partial charge in [-0.1, -0.05) is 25.7 Å². The van der Waals surface area contributed by atoms with Gasteiger partial charge in [0.25, 0.3) is 0 Å². The smallest absolute Gasteiger partial charge is 0.323 e. The lowest BCUT2D eigenvalue weighted by molar-refractivity contribution is -0.152. The molecule has 4 heteroatoms. The molecule has 0 aromatic carbocycles. The van der Waals surface area contributed by atoms with Gasteiger partial charge in [-0.2, -0.15) is 0 Å². The molecule has 0 radical (unpaired) electrons. The Balaban J connectivity index is 2.05. The molecule has 2 rings (SSSR count). The highest BCUT2D eigenvalue weighted by Crippen LogP contribution is 2.43. The van der Waals surface area contributed by atoms with Crippen molar-refractivity contribution in [3.8, 4) is 0 Å². The summed E-state index contributed by atoms with van der Waals surface area (Å²) in [7, 11) is 0. The Morgan fingerprint density at radius 2 is 1.67 bits per heavy atom. The summed E-state index contributed by atoms with van der Waals surface area (Å²) in [6.45, 7) is 5.56. The summed E-state index contributed by atoms with van der Waals surface area (Å²) in [5, 5.41) is 9.09. The Hall–Kier alpha value is -1.06. The molecule has 0 bridgehead atoms. The van der Waals surface area contributed by atoms with E-state index >= 15 is 0 Å². The van der Waals surface area contributed by atoms with E-state index in [-0.39, 0.29) is 18.4 Å². The van der Waals surface area contributed by atoms with Gasteiger partial charge in [-0.05, 0) is 51.9 Å². The van der Waals surface area contributed by atoms with Gasteiger partial charge in [0.2, 0.25) is 5.91 Å². The van der Waals surface area contributed by atoms with Crippen molar-refractivity contribution in [3.05, 3.63) is 0 Å². The Kier molecular flexibility index (Phi) is 4.95. The number of hydrogen-bond acceptors (Lipinski definition) is 2. The van der Waals surface area contributed by atoms with Crippen LogP contribution >= 0.6 is 0 Å². The number of carbonyl (C=O) groups is 2. The second kappa shape index (κ2) is 6.37. The molecule has 2 aliphatic rings. The number of carboxylic acids is 1. The Bertz CT molecular complexity index is 399. The molecule has 2 fully saturated rings. The summed E-state index contributed by atoms with van der Waals surface area (Å²) >= 11 is 0. The molecule has 2 aliphatic carbocycles. The van der Waals surface area contributed by atoms with Crippen LogP contribution in [0.25, 0.3) is 0 Å². The molecule has 0 saturated heterocycles. The molecular formula is C17H29NO3. The molecule has 0 aromatic heterocycles. The number of carboxylic acid groups (broad SMARTS) is 1. The molecule has 21 heavy (non-hydrogen) atoms. The number of nitrogens with zero attached hydrogens (tertiary/aromatic N) is 1. The first-order valence-electron chi connectivity index (χ1n) is 8.32. The van der Waals surface area contributed by atoms with Gasteiger partial charge in [0.05, 0.1) is 0 Å². The highest BCUT2D eigenvalue weighted by molar-refractivity contribution is 5.83. The lowest BCUT2D eigenvalue weighted by Gasteiger charge is -2.42. The van der Waals surface area contributed by atoms with Crippen molar-refractivity contribution >= 4 is 11.9 Å². The summed E-state index contributed by atoms with van der Waals surface area (Å²) in [5.41, 5.74) is -0.432. The summed E-state index contributed by atoms with van der Waals surface area (Å²) in [4.78, 5) is 25.5. The zero-order valence-corrected chi connectivity index (χ0v) is 13.6. The van der Waals surface area contributed by atoms with E-state index in [2.05, 4.69) is 0 Å². The van der Waals surface area contributed by atoms with Crippen molar-refractivity contribution < 1.29 is 14.7 Å². The van der Waals surface area contributed by atoms with Crippen LogP contribution in [0, 0.1) is 17.8 Å². The number of carbonyl (C=O) groups excluding carboxylic acids is 1. The predicted molar refractivity (Wildman–Crippen MR) is 81.9 cm³/mol. The Morgan fingerprint density at radius 1 is 1.05 bits per heavy atom. The molecule has 1 amide bonds. The zero-order valence-electron chi connectivity index (χ0n) is 13.6. The van der Waals surface area contributed by atoms with E-state index in [0.717, 1.165) is 25.2 Å². The number of rotatable bonds is 3. The molecule has 3 atom stereocenters. The number of amides is 1. The van der Waals surface area contributed by atoms with E-state index in [0.29, 0.717) is 5.92 Å². The molecule has 4 nitrogen and oxygen atoms in total. The maximum absolute atomic E-state index is 12.8. The normalized spacial score (nSPS) is 29.6. The first-order chi connectivity index (χ1) is 9.79. The van der Waals surface area contributed by atoms with Crippen molar-refractivity contribution in [1.29, 1.82) is 0 Å². The quantitative estimate of drug-likeness (QED) is 0.869. The van der Waals surface area contributed by atoms with Crippen LogP contribution in [-0.2, 0) is 9.59 Å². The van der Waals surface area contributed by atoms with Gasteiger partial charge in [0.15, 0.2) is 0 Å². The van der Waals surface area contributed by atoms with Crippen molar-refractivity contribution in [1.82, 2.24) is 4.90 Å². The molecule has 1 N–H and O–H groups in total. The minimum atomic E-state index is -0.926. The van der Waals surface area contributed by atoms with Crippen LogP contribution in [0.5, 0.6) is 0 Å². The van der Waals surface area contributed by atoms with E-state index in [1.54, 1.807) is 4.90 Å². The van der Waals surface area contributed by atoms with E-state index in [4.69, 9.17) is 5.11 Å². The van der Waals surface area contributed by atoms with Crippen LogP contribution in [0.15, 0.2) is 0 Å². The Morgan fingerprint density at radius 3 is 2.24 bits per heavy atom. The fourth-order valence-electron chi connectivity index (χ4n) is 4.10. The van der Waals surface area contributed by atoms with Crippen molar-refractivity contribution in [2.45, 2.75) is 71.3 Å². The van der Waals surface area contributed by atoms with Gasteiger partial charge in [0.1, 0.15) is 6.54 Å². The van der Waals surface area contributed by atoms with Crippen LogP contribution in [0.3, 0.4) is 0 Å². The van der Waals surface area contributed by atoms with Crippen LogP contribution in [-0.4, -0.2) is 34.0 Å². The first-order valence-corrected chi connectivity index (χ1v) is 8.32. The molecule has 0 heterocycles. The molecule has 0 aliphatic heterocycles. The number of hydrogen-bond donors (Lipinski definition) is 1. The van der Waals surface area contributed by atoms with Gasteiger partial charge >= 0.3 is 5.97 Å². The number of aliphatic carboxylic acids is 1. The second-order valence-electron chi connectivity index (χ2n) is 7.80. The van der Waals surface area contributed by atoms with Crippen LogP contribution < -0.4 is 0 Å². The molecule has 0 aromatic rings. The van der Waals surface area contributed by atoms with Crippen LogP contribution in [0.2, 0.25) is 0 Å². The van der Waals surface area contributed by atoms with Gasteiger partial charge in [0, 0.05) is 11.5 Å². The fourth-order valence-corrected chi connectivity index (χ4v) is 4.10. The van der Waals surface area contributed by atoms with Gasteiger partial charge in [-0.25, -0.2) is 0 Å². The maximum atomic E-state index is 12.8. The summed E-state index contributed by atoms with van der Waals surface area (Å²) in [6, 6.07) is 0. The third kappa shape index (κ3) is 3.98. The van der Waals surface area contributed by atoms with E-state index in [1.807, 2.05) is 20.8 Å². The SMILES string of the molecule is CC(C)(C)N(CC(=O)O)C(=O)C1CCC2CCCCC2C1. The average Bonchev–Trinajstić information content (AvgIpc) is 2.42. The topological polar surface area (TPSA) is 57.6 Å². The summed E-state index contributed by atoms with van der Waals surface area (Å²) < 4.78 is 0. The maximum Gasteiger partial charge on any atom is 0.323 e. The van der Waals surface area contributed by atoms with Gasteiger partial charge in [-0.15, -0.1) is 0 Å². The first kappa shape index (κ1) is 16.3. The van der Waals surface area contributed by atoms with Gasteiger partial charge < -0.3 is 10.0 Å².